The molecule has 0 atom stereocenters. The van der Waals surface area contributed by atoms with Crippen LogP contribution in [0.25, 0.3) is 5.69 Å². The van der Waals surface area contributed by atoms with Crippen molar-refractivity contribution in [3.05, 3.63) is 77.1 Å². The molecule has 0 bridgehead atoms. The standard InChI is InChI=1S/C18H16FN3O/c1-12-11-20-18(13(2)23)9-15(12)8-14-4-5-16(10-17(14)19)22-7-3-6-21-22/h3-7,9-11H,8H2,1-2H3. The van der Waals surface area contributed by atoms with Gasteiger partial charge in [-0.2, -0.15) is 5.10 Å². The summed E-state index contributed by atoms with van der Waals surface area (Å²) in [4.78, 5) is 15.6. The van der Waals surface area contributed by atoms with Crippen molar-refractivity contribution in [1.82, 2.24) is 14.8 Å². The van der Waals surface area contributed by atoms with Crippen LogP contribution in [0.4, 0.5) is 4.39 Å². The Morgan fingerprint density at radius 3 is 2.74 bits per heavy atom. The second kappa shape index (κ2) is 6.12. The van der Waals surface area contributed by atoms with Crippen LogP contribution in [0.5, 0.6) is 0 Å². The van der Waals surface area contributed by atoms with Gasteiger partial charge in [-0.25, -0.2) is 9.07 Å². The summed E-state index contributed by atoms with van der Waals surface area (Å²) in [6.45, 7) is 3.38. The van der Waals surface area contributed by atoms with Crippen LogP contribution in [0.15, 0.2) is 48.9 Å². The Kier molecular flexibility index (Phi) is 4.02. The van der Waals surface area contributed by atoms with E-state index in [2.05, 4.69) is 10.1 Å². The van der Waals surface area contributed by atoms with E-state index in [0.29, 0.717) is 23.4 Å². The van der Waals surface area contributed by atoms with Crippen LogP contribution in [-0.4, -0.2) is 20.5 Å². The van der Waals surface area contributed by atoms with Crippen molar-refractivity contribution >= 4 is 5.78 Å². The number of hydrogen-bond donors (Lipinski definition) is 0. The molecule has 0 unspecified atom stereocenters. The zero-order valence-electron chi connectivity index (χ0n) is 13.0. The largest absolute Gasteiger partial charge is 0.293 e. The normalized spacial score (nSPS) is 10.7. The first-order valence-corrected chi connectivity index (χ1v) is 7.29. The number of ketones is 1. The Morgan fingerprint density at radius 1 is 1.26 bits per heavy atom. The topological polar surface area (TPSA) is 47.8 Å². The average Bonchev–Trinajstić information content (AvgIpc) is 3.05. The van der Waals surface area contributed by atoms with Gasteiger partial charge in [0.15, 0.2) is 5.78 Å². The van der Waals surface area contributed by atoms with Crippen LogP contribution < -0.4 is 0 Å². The lowest BCUT2D eigenvalue weighted by Gasteiger charge is -2.09. The van der Waals surface area contributed by atoms with Gasteiger partial charge >= 0.3 is 0 Å². The molecule has 5 heteroatoms. The molecule has 0 saturated carbocycles. The van der Waals surface area contributed by atoms with Crippen molar-refractivity contribution in [2.45, 2.75) is 20.3 Å². The van der Waals surface area contributed by atoms with Gasteiger partial charge in [0, 0.05) is 31.9 Å². The number of aromatic nitrogens is 3. The fourth-order valence-electron chi connectivity index (χ4n) is 2.40. The van der Waals surface area contributed by atoms with Crippen LogP contribution in [0.1, 0.15) is 34.1 Å². The third kappa shape index (κ3) is 3.18. The molecule has 4 nitrogen and oxygen atoms in total. The Hall–Kier alpha value is -2.82. The van der Waals surface area contributed by atoms with E-state index in [1.807, 2.05) is 13.0 Å². The zero-order valence-corrected chi connectivity index (χ0v) is 13.0. The highest BCUT2D eigenvalue weighted by molar-refractivity contribution is 5.92. The summed E-state index contributed by atoms with van der Waals surface area (Å²) in [5, 5.41) is 4.09. The summed E-state index contributed by atoms with van der Waals surface area (Å²) in [6.07, 6.45) is 5.48. The van der Waals surface area contributed by atoms with E-state index in [1.165, 1.54) is 13.0 Å². The van der Waals surface area contributed by atoms with Gasteiger partial charge in [0.2, 0.25) is 0 Å². The number of carbonyl (C=O) groups excluding carboxylic acids is 1. The average molecular weight is 309 g/mol. The predicted molar refractivity (Wildman–Crippen MR) is 85.3 cm³/mol. The van der Waals surface area contributed by atoms with Gasteiger partial charge in [-0.1, -0.05) is 6.07 Å². The Labute approximate surface area is 133 Å². The summed E-state index contributed by atoms with van der Waals surface area (Å²) in [5.41, 5.74) is 3.48. The number of rotatable bonds is 4. The maximum absolute atomic E-state index is 14.4. The van der Waals surface area contributed by atoms with Crippen molar-refractivity contribution in [2.24, 2.45) is 0 Å². The molecule has 0 fully saturated rings. The van der Waals surface area contributed by atoms with E-state index >= 15 is 0 Å². The van der Waals surface area contributed by atoms with Crippen LogP contribution in [-0.2, 0) is 6.42 Å². The highest BCUT2D eigenvalue weighted by atomic mass is 19.1. The summed E-state index contributed by atoms with van der Waals surface area (Å²) < 4.78 is 16.0. The van der Waals surface area contributed by atoms with Crippen LogP contribution >= 0.6 is 0 Å². The third-order valence-electron chi connectivity index (χ3n) is 3.76. The summed E-state index contributed by atoms with van der Waals surface area (Å²) in [7, 11) is 0. The molecule has 0 saturated heterocycles. The molecule has 0 aliphatic heterocycles. The number of halogens is 1. The molecule has 3 aromatic rings. The number of hydrogen-bond acceptors (Lipinski definition) is 3. The minimum absolute atomic E-state index is 0.0965. The van der Waals surface area contributed by atoms with Gasteiger partial charge in [0.1, 0.15) is 11.5 Å². The molecular weight excluding hydrogens is 293 g/mol. The SMILES string of the molecule is CC(=O)c1cc(Cc2ccc(-n3cccn3)cc2F)c(C)cn1. The van der Waals surface area contributed by atoms with Crippen molar-refractivity contribution in [1.29, 1.82) is 0 Å². The van der Waals surface area contributed by atoms with Gasteiger partial charge in [-0.05, 0) is 47.9 Å². The van der Waals surface area contributed by atoms with Gasteiger partial charge in [0.25, 0.3) is 0 Å². The number of aryl methyl sites for hydroxylation is 1. The maximum atomic E-state index is 14.4. The molecule has 0 aliphatic carbocycles. The molecule has 116 valence electrons. The fourth-order valence-corrected chi connectivity index (χ4v) is 2.40. The zero-order chi connectivity index (χ0) is 16.4. The fraction of sp³-hybridized carbons (Fsp3) is 0.167. The third-order valence-corrected chi connectivity index (χ3v) is 3.76. The Morgan fingerprint density at radius 2 is 2.09 bits per heavy atom. The second-order valence-corrected chi connectivity index (χ2v) is 5.46. The van der Waals surface area contributed by atoms with Crippen LogP contribution in [0.3, 0.4) is 0 Å². The van der Waals surface area contributed by atoms with Crippen molar-refractivity contribution < 1.29 is 9.18 Å². The van der Waals surface area contributed by atoms with E-state index in [4.69, 9.17) is 0 Å². The number of benzene rings is 1. The first-order valence-electron chi connectivity index (χ1n) is 7.29. The molecule has 2 aromatic heterocycles. The lowest BCUT2D eigenvalue weighted by Crippen LogP contribution is -2.03. The molecule has 2 heterocycles. The molecule has 0 aliphatic rings. The van der Waals surface area contributed by atoms with Crippen LogP contribution in [0, 0.1) is 12.7 Å². The van der Waals surface area contributed by atoms with Crippen LogP contribution in [0.2, 0.25) is 0 Å². The van der Waals surface area contributed by atoms with Gasteiger partial charge in [0.05, 0.1) is 5.69 Å². The molecule has 3 rings (SSSR count). The van der Waals surface area contributed by atoms with E-state index in [0.717, 1.165) is 11.1 Å². The van der Waals surface area contributed by atoms with E-state index in [1.54, 1.807) is 41.5 Å². The Balaban J connectivity index is 1.92. The second-order valence-electron chi connectivity index (χ2n) is 5.46. The van der Waals surface area contributed by atoms with Crippen molar-refractivity contribution in [3.63, 3.8) is 0 Å². The summed E-state index contributed by atoms with van der Waals surface area (Å²) in [5.74, 6) is -0.390. The molecule has 0 amide bonds. The first kappa shape index (κ1) is 15.1. The molecule has 1 aromatic carbocycles. The predicted octanol–water partition coefficient (Wildman–Crippen LogP) is 3.51. The molecule has 0 spiro atoms. The van der Waals surface area contributed by atoms with Gasteiger partial charge in [-0.3, -0.25) is 9.78 Å². The quantitative estimate of drug-likeness (QED) is 0.693. The number of Topliss-reactive ketones (excluding diaryl/α,β-unsaturated/α-hetero) is 1. The highest BCUT2D eigenvalue weighted by Crippen LogP contribution is 2.19. The molecular formula is C18H16FN3O. The summed E-state index contributed by atoms with van der Waals surface area (Å²) in [6, 6.07) is 8.56. The van der Waals surface area contributed by atoms with Gasteiger partial charge < -0.3 is 0 Å². The maximum Gasteiger partial charge on any atom is 0.178 e. The Bertz CT molecular complexity index is 857. The minimum Gasteiger partial charge on any atom is -0.293 e. The molecule has 0 N–H and O–H groups in total. The highest BCUT2D eigenvalue weighted by Gasteiger charge is 2.10. The first-order chi connectivity index (χ1) is 11.0. The number of carbonyl (C=O) groups is 1. The van der Waals surface area contributed by atoms with Gasteiger partial charge in [-0.15, -0.1) is 0 Å². The summed E-state index contributed by atoms with van der Waals surface area (Å²) >= 11 is 0. The lowest BCUT2D eigenvalue weighted by atomic mass is 10.00. The minimum atomic E-state index is -0.293. The molecule has 0 radical (unpaired) electrons. The van der Waals surface area contributed by atoms with Crippen molar-refractivity contribution in [3.8, 4) is 5.69 Å². The smallest absolute Gasteiger partial charge is 0.178 e. The lowest BCUT2D eigenvalue weighted by molar-refractivity contribution is 0.101. The van der Waals surface area contributed by atoms with Crippen molar-refractivity contribution in [2.75, 3.05) is 0 Å². The van der Waals surface area contributed by atoms with E-state index in [-0.39, 0.29) is 11.6 Å². The number of nitrogens with zero attached hydrogens (tertiary/aromatic N) is 3. The van der Waals surface area contributed by atoms with E-state index < -0.39 is 0 Å². The van der Waals surface area contributed by atoms with E-state index in [9.17, 15) is 9.18 Å². The molecule has 23 heavy (non-hydrogen) atoms. The monoisotopic (exact) mass is 309 g/mol. The number of pyridine rings is 1.